The van der Waals surface area contributed by atoms with E-state index in [0.717, 1.165) is 5.39 Å². The third-order valence-corrected chi connectivity index (χ3v) is 2.45. The molecule has 0 saturated carbocycles. The summed E-state index contributed by atoms with van der Waals surface area (Å²) in [4.78, 5) is 16.3. The van der Waals surface area contributed by atoms with Crippen LogP contribution in [0.4, 0.5) is 4.79 Å². The van der Waals surface area contributed by atoms with Crippen LogP contribution < -0.4 is 5.59 Å². The van der Waals surface area contributed by atoms with Crippen molar-refractivity contribution in [2.24, 2.45) is 5.10 Å². The Balaban J connectivity index is 2.48. The van der Waals surface area contributed by atoms with E-state index in [-0.39, 0.29) is 0 Å². The first-order chi connectivity index (χ1) is 9.42. The second-order valence-electron chi connectivity index (χ2n) is 5.17. The van der Waals surface area contributed by atoms with Gasteiger partial charge in [0.05, 0.1) is 6.21 Å². The molecule has 0 aromatic carbocycles. The lowest BCUT2D eigenvalue weighted by atomic mass is 10.2. The first-order valence-corrected chi connectivity index (χ1v) is 6.04. The Morgan fingerprint density at radius 3 is 2.95 bits per heavy atom. The number of rotatable bonds is 2. The molecule has 106 valence electrons. The maximum absolute atomic E-state index is 12.2. The van der Waals surface area contributed by atoms with E-state index in [9.17, 15) is 4.79 Å². The van der Waals surface area contributed by atoms with E-state index < -0.39 is 11.7 Å². The third-order valence-electron chi connectivity index (χ3n) is 2.45. The quantitative estimate of drug-likeness (QED) is 0.648. The lowest BCUT2D eigenvalue weighted by molar-refractivity contribution is 0.0543. The molecule has 7 heteroatoms. The Labute approximate surface area is 115 Å². The highest BCUT2D eigenvalue weighted by Gasteiger charge is 2.20. The minimum atomic E-state index is -0.594. The van der Waals surface area contributed by atoms with Crippen molar-refractivity contribution < 1.29 is 14.7 Å². The molecule has 0 bridgehead atoms. The van der Waals surface area contributed by atoms with Crippen molar-refractivity contribution in [2.45, 2.75) is 26.4 Å². The predicted octanol–water partition coefficient (Wildman–Crippen LogP) is 2.13. The van der Waals surface area contributed by atoms with Crippen molar-refractivity contribution in [1.29, 1.82) is 0 Å². The molecule has 0 aliphatic carbocycles. The smallest absolute Gasteiger partial charge is 0.420 e. The maximum atomic E-state index is 12.2. The zero-order chi connectivity index (χ0) is 14.8. The summed E-state index contributed by atoms with van der Waals surface area (Å²) >= 11 is 0. The summed E-state index contributed by atoms with van der Waals surface area (Å²) in [5.41, 5.74) is 2.20. The zero-order valence-electron chi connectivity index (χ0n) is 11.5. The molecule has 0 aliphatic heterocycles. The fourth-order valence-electron chi connectivity index (χ4n) is 1.74. The summed E-state index contributed by atoms with van der Waals surface area (Å²) in [6.07, 6.45) is 4.03. The van der Waals surface area contributed by atoms with E-state index in [1.54, 1.807) is 44.8 Å². The van der Waals surface area contributed by atoms with Crippen LogP contribution in [0.15, 0.2) is 29.6 Å². The average Bonchev–Trinajstić information content (AvgIpc) is 2.73. The number of nitrogens with one attached hydrogen (secondary N) is 1. The Morgan fingerprint density at radius 1 is 1.55 bits per heavy atom. The molecule has 2 heterocycles. The summed E-state index contributed by atoms with van der Waals surface area (Å²) in [6, 6.07) is 3.56. The fraction of sp³-hybridized carbons (Fsp3) is 0.308. The first kappa shape index (κ1) is 14.0. The van der Waals surface area contributed by atoms with E-state index in [1.807, 2.05) is 6.07 Å². The van der Waals surface area contributed by atoms with Crippen LogP contribution in [0.5, 0.6) is 0 Å². The first-order valence-electron chi connectivity index (χ1n) is 6.04. The molecule has 0 radical (unpaired) electrons. The molecule has 2 aromatic heterocycles. The maximum Gasteiger partial charge on any atom is 0.420 e. The van der Waals surface area contributed by atoms with E-state index in [2.05, 4.69) is 10.1 Å². The number of hydrogen-bond donors (Lipinski definition) is 2. The molecule has 0 atom stereocenters. The van der Waals surface area contributed by atoms with Crippen molar-refractivity contribution in [2.75, 3.05) is 0 Å². The van der Waals surface area contributed by atoms with Crippen LogP contribution in [0, 0.1) is 0 Å². The number of ether oxygens (including phenoxy) is 1. The summed E-state index contributed by atoms with van der Waals surface area (Å²) in [5.74, 6) is 0. The minimum absolute atomic E-state index is 0.473. The van der Waals surface area contributed by atoms with Crippen molar-refractivity contribution in [3.63, 3.8) is 0 Å². The van der Waals surface area contributed by atoms with Gasteiger partial charge < -0.3 is 4.74 Å². The summed E-state index contributed by atoms with van der Waals surface area (Å²) in [7, 11) is 0. The summed E-state index contributed by atoms with van der Waals surface area (Å²) in [6.45, 7) is 5.38. The number of carbonyl (C=O) groups is 1. The van der Waals surface area contributed by atoms with Crippen LogP contribution in [-0.4, -0.2) is 32.7 Å². The van der Waals surface area contributed by atoms with Gasteiger partial charge in [0.2, 0.25) is 0 Å². The molecule has 0 fully saturated rings. The molecule has 0 saturated heterocycles. The molecule has 7 nitrogen and oxygen atoms in total. The highest BCUT2D eigenvalue weighted by atomic mass is 16.6. The lowest BCUT2D eigenvalue weighted by Gasteiger charge is -2.19. The lowest BCUT2D eigenvalue weighted by Crippen LogP contribution is -2.26. The Kier molecular flexibility index (Phi) is 3.71. The van der Waals surface area contributed by atoms with Gasteiger partial charge in [-0.15, -0.1) is 0 Å². The largest absolute Gasteiger partial charge is 0.443 e. The van der Waals surface area contributed by atoms with E-state index >= 15 is 0 Å². The van der Waals surface area contributed by atoms with Crippen LogP contribution >= 0.6 is 0 Å². The molecule has 0 amide bonds. The topological polar surface area (TPSA) is 88.7 Å². The Morgan fingerprint density at radius 2 is 2.30 bits per heavy atom. The van der Waals surface area contributed by atoms with Gasteiger partial charge in [-0.25, -0.2) is 14.3 Å². The monoisotopic (exact) mass is 276 g/mol. The van der Waals surface area contributed by atoms with Gasteiger partial charge in [-0.05, 0) is 32.9 Å². The van der Waals surface area contributed by atoms with Crippen molar-refractivity contribution in [3.05, 3.63) is 30.1 Å². The van der Waals surface area contributed by atoms with Gasteiger partial charge in [0, 0.05) is 23.3 Å². The van der Waals surface area contributed by atoms with Gasteiger partial charge in [-0.3, -0.25) is 5.21 Å². The Bertz CT molecular complexity index is 655. The Hall–Kier alpha value is -2.41. The SMILES string of the molecule is CC(C)(C)OC(=O)n1cc(/C=N\NO)c2cccnc21. The number of pyridine rings is 1. The van der Waals surface area contributed by atoms with Gasteiger partial charge in [0.25, 0.3) is 0 Å². The van der Waals surface area contributed by atoms with Crippen molar-refractivity contribution in [3.8, 4) is 0 Å². The molecule has 2 rings (SSSR count). The van der Waals surface area contributed by atoms with Gasteiger partial charge in [0.15, 0.2) is 0 Å². The van der Waals surface area contributed by atoms with E-state index in [0.29, 0.717) is 11.2 Å². The van der Waals surface area contributed by atoms with Crippen LogP contribution in [0.1, 0.15) is 26.3 Å². The molecular formula is C13H16N4O3. The standard InChI is InChI=1S/C13H16N4O3/c1-13(2,3)20-12(18)17-8-9(7-15-16-19)10-5-4-6-14-11(10)17/h4-8,16,19H,1-3H3/b15-7-. The number of hydrogen-bond acceptors (Lipinski definition) is 6. The zero-order valence-corrected chi connectivity index (χ0v) is 11.5. The van der Waals surface area contributed by atoms with Crippen LogP contribution in [0.25, 0.3) is 11.0 Å². The van der Waals surface area contributed by atoms with Gasteiger partial charge in [0.1, 0.15) is 11.2 Å². The van der Waals surface area contributed by atoms with Gasteiger partial charge in [-0.2, -0.15) is 10.7 Å². The molecule has 2 aromatic rings. The average molecular weight is 276 g/mol. The molecule has 0 aliphatic rings. The summed E-state index contributed by atoms with van der Waals surface area (Å²) in [5, 5.41) is 12.8. The molecular weight excluding hydrogens is 260 g/mol. The van der Waals surface area contributed by atoms with E-state index in [1.165, 1.54) is 10.8 Å². The van der Waals surface area contributed by atoms with Crippen LogP contribution in [-0.2, 0) is 4.74 Å². The van der Waals surface area contributed by atoms with E-state index in [4.69, 9.17) is 9.94 Å². The number of carbonyl (C=O) groups excluding carboxylic acids is 1. The normalized spacial score (nSPS) is 12.0. The van der Waals surface area contributed by atoms with Gasteiger partial charge >= 0.3 is 6.09 Å². The van der Waals surface area contributed by atoms with Crippen molar-refractivity contribution in [1.82, 2.24) is 15.1 Å². The second-order valence-corrected chi connectivity index (χ2v) is 5.17. The molecule has 0 unspecified atom stereocenters. The molecule has 0 spiro atoms. The minimum Gasteiger partial charge on any atom is -0.443 e. The summed E-state index contributed by atoms with van der Waals surface area (Å²) < 4.78 is 6.64. The fourth-order valence-corrected chi connectivity index (χ4v) is 1.74. The second kappa shape index (κ2) is 5.30. The number of hydrazone groups is 1. The highest BCUT2D eigenvalue weighted by Crippen LogP contribution is 2.19. The highest BCUT2D eigenvalue weighted by molar-refractivity contribution is 6.01. The molecule has 20 heavy (non-hydrogen) atoms. The number of aromatic nitrogens is 2. The number of nitrogens with zero attached hydrogens (tertiary/aromatic N) is 3. The van der Waals surface area contributed by atoms with Gasteiger partial charge in [-0.1, -0.05) is 0 Å². The predicted molar refractivity (Wildman–Crippen MR) is 73.9 cm³/mol. The van der Waals surface area contributed by atoms with Crippen LogP contribution in [0.3, 0.4) is 0 Å². The van der Waals surface area contributed by atoms with Crippen molar-refractivity contribution >= 4 is 23.3 Å². The number of fused-ring (bicyclic) bond motifs is 1. The third kappa shape index (κ3) is 2.94. The molecule has 2 N–H and O–H groups in total. The van der Waals surface area contributed by atoms with Crippen LogP contribution in [0.2, 0.25) is 0 Å².